The van der Waals surface area contributed by atoms with Gasteiger partial charge in [-0.25, -0.2) is 9.97 Å². The average Bonchev–Trinajstić information content (AvgIpc) is 2.72. The molecule has 2 N–H and O–H groups in total. The molecule has 2 aromatic heterocycles. The quantitative estimate of drug-likeness (QED) is 0.825. The van der Waals surface area contributed by atoms with Crippen molar-refractivity contribution in [2.24, 2.45) is 7.05 Å². The third-order valence-corrected chi connectivity index (χ3v) is 2.97. The van der Waals surface area contributed by atoms with Crippen molar-refractivity contribution in [1.82, 2.24) is 14.5 Å². The second-order valence-electron chi connectivity index (χ2n) is 3.12. The summed E-state index contributed by atoms with van der Waals surface area (Å²) in [6, 6.07) is 0. The van der Waals surface area contributed by atoms with Crippen LogP contribution in [0.5, 0.6) is 0 Å². The summed E-state index contributed by atoms with van der Waals surface area (Å²) < 4.78 is 2.03. The van der Waals surface area contributed by atoms with E-state index in [0.29, 0.717) is 5.13 Å². The maximum absolute atomic E-state index is 5.54. The number of nitrogens with zero attached hydrogens (tertiary/aromatic N) is 3. The number of thiazole rings is 1. The summed E-state index contributed by atoms with van der Waals surface area (Å²) in [6.45, 7) is 0. The van der Waals surface area contributed by atoms with Gasteiger partial charge in [0.15, 0.2) is 5.13 Å². The van der Waals surface area contributed by atoms with Crippen LogP contribution in [0.3, 0.4) is 0 Å². The lowest BCUT2D eigenvalue weighted by molar-refractivity contribution is 0.775. The van der Waals surface area contributed by atoms with E-state index in [2.05, 4.69) is 9.97 Å². The number of imidazole rings is 1. The van der Waals surface area contributed by atoms with Crippen LogP contribution in [0.25, 0.3) is 0 Å². The molecule has 0 radical (unpaired) electrons. The summed E-state index contributed by atoms with van der Waals surface area (Å²) in [5.74, 6) is 1.09. The van der Waals surface area contributed by atoms with Gasteiger partial charge in [0.2, 0.25) is 0 Å². The van der Waals surface area contributed by atoms with Gasteiger partial charge in [0.1, 0.15) is 5.82 Å². The fourth-order valence-corrected chi connectivity index (χ4v) is 1.99. The highest BCUT2D eigenvalue weighted by atomic mass is 32.1. The van der Waals surface area contributed by atoms with Crippen LogP contribution in [0.1, 0.15) is 10.7 Å². The van der Waals surface area contributed by atoms with Gasteiger partial charge in [0, 0.05) is 36.9 Å². The maximum atomic E-state index is 5.54. The molecule has 2 heterocycles. The van der Waals surface area contributed by atoms with Crippen molar-refractivity contribution < 1.29 is 0 Å². The number of anilines is 1. The Labute approximate surface area is 86.4 Å². The minimum atomic E-state index is 0.639. The van der Waals surface area contributed by atoms with E-state index in [4.69, 9.17) is 5.73 Å². The Hall–Kier alpha value is -1.36. The van der Waals surface area contributed by atoms with Crippen molar-refractivity contribution in [3.63, 3.8) is 0 Å². The summed E-state index contributed by atoms with van der Waals surface area (Å²) in [4.78, 5) is 9.48. The molecule has 0 bridgehead atoms. The van der Waals surface area contributed by atoms with Crippen molar-refractivity contribution in [1.29, 1.82) is 0 Å². The first-order valence-electron chi connectivity index (χ1n) is 4.42. The molecule has 0 amide bonds. The fourth-order valence-electron chi connectivity index (χ4n) is 1.31. The molecule has 0 aliphatic rings. The fraction of sp³-hybridized carbons (Fsp3) is 0.333. The number of nitrogen functional groups attached to an aromatic ring is 1. The van der Waals surface area contributed by atoms with E-state index in [1.807, 2.05) is 30.2 Å². The number of hydrogen-bond donors (Lipinski definition) is 1. The topological polar surface area (TPSA) is 56.7 Å². The third kappa shape index (κ3) is 1.93. The van der Waals surface area contributed by atoms with E-state index in [0.717, 1.165) is 18.7 Å². The van der Waals surface area contributed by atoms with Gasteiger partial charge in [0.25, 0.3) is 0 Å². The van der Waals surface area contributed by atoms with Crippen LogP contribution in [0.4, 0.5) is 5.13 Å². The van der Waals surface area contributed by atoms with Crippen LogP contribution in [0.15, 0.2) is 18.6 Å². The van der Waals surface area contributed by atoms with Crippen LogP contribution < -0.4 is 5.73 Å². The first-order chi connectivity index (χ1) is 6.75. The second kappa shape index (κ2) is 3.79. The molecule has 0 aromatic carbocycles. The predicted octanol–water partition coefficient (Wildman–Crippen LogP) is 1.24. The van der Waals surface area contributed by atoms with Gasteiger partial charge in [-0.05, 0) is 6.42 Å². The highest BCUT2D eigenvalue weighted by Gasteiger charge is 2.02. The summed E-state index contributed by atoms with van der Waals surface area (Å²) in [6.07, 6.45) is 7.50. The van der Waals surface area contributed by atoms with Crippen LogP contribution in [0, 0.1) is 0 Å². The zero-order valence-corrected chi connectivity index (χ0v) is 8.79. The molecular formula is C9H12N4S. The zero-order valence-electron chi connectivity index (χ0n) is 7.97. The van der Waals surface area contributed by atoms with Gasteiger partial charge >= 0.3 is 0 Å². The highest BCUT2D eigenvalue weighted by molar-refractivity contribution is 7.15. The van der Waals surface area contributed by atoms with Gasteiger partial charge in [-0.1, -0.05) is 0 Å². The molecule has 0 unspecified atom stereocenters. The molecular weight excluding hydrogens is 196 g/mol. The van der Waals surface area contributed by atoms with E-state index in [1.165, 1.54) is 4.88 Å². The molecule has 4 nitrogen and oxygen atoms in total. The molecule has 0 saturated carbocycles. The van der Waals surface area contributed by atoms with Crippen LogP contribution in [-0.2, 0) is 19.9 Å². The van der Waals surface area contributed by atoms with Gasteiger partial charge < -0.3 is 10.3 Å². The molecule has 5 heteroatoms. The molecule has 0 aliphatic carbocycles. The number of rotatable bonds is 3. The lowest BCUT2D eigenvalue weighted by atomic mass is 10.3. The zero-order chi connectivity index (χ0) is 9.97. The normalized spacial score (nSPS) is 10.6. The number of aromatic nitrogens is 3. The molecule has 2 rings (SSSR count). The largest absolute Gasteiger partial charge is 0.375 e. The Kier molecular flexibility index (Phi) is 2.49. The Morgan fingerprint density at radius 2 is 2.29 bits per heavy atom. The third-order valence-electron chi connectivity index (χ3n) is 2.09. The predicted molar refractivity (Wildman–Crippen MR) is 57.1 cm³/mol. The highest BCUT2D eigenvalue weighted by Crippen LogP contribution is 2.16. The number of hydrogen-bond acceptors (Lipinski definition) is 4. The van der Waals surface area contributed by atoms with Crippen LogP contribution in [0.2, 0.25) is 0 Å². The molecule has 0 spiro atoms. The molecule has 74 valence electrons. The van der Waals surface area contributed by atoms with Crippen molar-refractivity contribution in [3.8, 4) is 0 Å². The minimum Gasteiger partial charge on any atom is -0.375 e. The van der Waals surface area contributed by atoms with Crippen molar-refractivity contribution in [2.75, 3.05) is 5.73 Å². The van der Waals surface area contributed by atoms with Crippen LogP contribution in [-0.4, -0.2) is 14.5 Å². The van der Waals surface area contributed by atoms with E-state index < -0.39 is 0 Å². The van der Waals surface area contributed by atoms with Crippen molar-refractivity contribution in [2.45, 2.75) is 12.8 Å². The molecule has 2 aromatic rings. The molecule has 0 fully saturated rings. The van der Waals surface area contributed by atoms with Crippen LogP contribution >= 0.6 is 11.3 Å². The van der Waals surface area contributed by atoms with Gasteiger partial charge in [0.05, 0.1) is 0 Å². The Balaban J connectivity index is 1.98. The number of nitrogens with two attached hydrogens (primary N) is 1. The van der Waals surface area contributed by atoms with E-state index in [1.54, 1.807) is 11.3 Å². The molecule has 0 atom stereocenters. The van der Waals surface area contributed by atoms with E-state index >= 15 is 0 Å². The summed E-state index contributed by atoms with van der Waals surface area (Å²) in [7, 11) is 2.00. The SMILES string of the molecule is Cn1ccnc1CCc1cnc(N)s1. The Bertz CT molecular complexity index is 418. The Morgan fingerprint density at radius 1 is 1.43 bits per heavy atom. The smallest absolute Gasteiger partial charge is 0.180 e. The summed E-state index contributed by atoms with van der Waals surface area (Å²) in [5, 5.41) is 0.639. The Morgan fingerprint density at radius 3 is 2.86 bits per heavy atom. The van der Waals surface area contributed by atoms with E-state index in [-0.39, 0.29) is 0 Å². The van der Waals surface area contributed by atoms with Crippen molar-refractivity contribution >= 4 is 16.5 Å². The summed E-state index contributed by atoms with van der Waals surface area (Å²) >= 11 is 1.55. The van der Waals surface area contributed by atoms with Crippen molar-refractivity contribution in [3.05, 3.63) is 29.3 Å². The molecule has 0 saturated heterocycles. The molecule has 14 heavy (non-hydrogen) atoms. The lowest BCUT2D eigenvalue weighted by Gasteiger charge is -1.98. The lowest BCUT2D eigenvalue weighted by Crippen LogP contribution is -1.98. The second-order valence-corrected chi connectivity index (χ2v) is 4.27. The number of aryl methyl sites for hydroxylation is 3. The van der Waals surface area contributed by atoms with Gasteiger partial charge in [-0.3, -0.25) is 0 Å². The van der Waals surface area contributed by atoms with Gasteiger partial charge in [-0.15, -0.1) is 11.3 Å². The minimum absolute atomic E-state index is 0.639. The standard InChI is InChI=1S/C9H12N4S/c1-13-5-4-11-8(13)3-2-7-6-12-9(10)14-7/h4-6H,2-3H2,1H3,(H2,10,12). The first-order valence-corrected chi connectivity index (χ1v) is 5.24. The maximum Gasteiger partial charge on any atom is 0.180 e. The molecule has 0 aliphatic heterocycles. The summed E-state index contributed by atoms with van der Waals surface area (Å²) in [5.41, 5.74) is 5.54. The monoisotopic (exact) mass is 208 g/mol. The first kappa shape index (κ1) is 9.21. The average molecular weight is 208 g/mol. The van der Waals surface area contributed by atoms with E-state index in [9.17, 15) is 0 Å². The van der Waals surface area contributed by atoms with Gasteiger partial charge in [-0.2, -0.15) is 0 Å².